The highest BCUT2D eigenvalue weighted by atomic mass is 32.1. The second-order valence-corrected chi connectivity index (χ2v) is 4.68. The van der Waals surface area contributed by atoms with Crippen LogP contribution in [0.25, 0.3) is 0 Å². The smallest absolute Gasteiger partial charge is 0.329 e. The van der Waals surface area contributed by atoms with Crippen LogP contribution in [0.2, 0.25) is 0 Å². The van der Waals surface area contributed by atoms with E-state index in [0.29, 0.717) is 13.1 Å². The molecule has 0 atom stereocenters. The largest absolute Gasteiger partial charge is 0.480 e. The van der Waals surface area contributed by atoms with Gasteiger partial charge in [-0.15, -0.1) is 11.3 Å². The molecule has 1 N–H and O–H groups in total. The maximum absolute atomic E-state index is 10.3. The summed E-state index contributed by atoms with van der Waals surface area (Å²) >= 11 is 1.57. The van der Waals surface area contributed by atoms with E-state index in [4.69, 9.17) is 9.84 Å². The normalized spacial score (nSPS) is 18.6. The minimum atomic E-state index is -0.927. The van der Waals surface area contributed by atoms with Crippen molar-refractivity contribution >= 4 is 22.4 Å². The summed E-state index contributed by atoms with van der Waals surface area (Å²) in [7, 11) is 0. The molecule has 15 heavy (non-hydrogen) atoms. The molecule has 1 aromatic heterocycles. The van der Waals surface area contributed by atoms with Crippen LogP contribution in [0.5, 0.6) is 0 Å². The molecule has 5 nitrogen and oxygen atoms in total. The van der Waals surface area contributed by atoms with E-state index in [1.165, 1.54) is 0 Å². The van der Waals surface area contributed by atoms with Crippen molar-refractivity contribution in [1.29, 1.82) is 0 Å². The SMILES string of the molecule is CC1(OCC(=O)O)CN(c2nccs2)C1. The van der Waals surface area contributed by atoms with Crippen molar-refractivity contribution in [2.24, 2.45) is 0 Å². The highest BCUT2D eigenvalue weighted by molar-refractivity contribution is 7.13. The van der Waals surface area contributed by atoms with Crippen LogP contribution in [0.15, 0.2) is 11.6 Å². The van der Waals surface area contributed by atoms with Crippen LogP contribution >= 0.6 is 11.3 Å². The molecule has 0 bridgehead atoms. The number of carboxylic acids is 1. The number of rotatable bonds is 4. The van der Waals surface area contributed by atoms with Gasteiger partial charge in [-0.1, -0.05) is 0 Å². The fourth-order valence-corrected chi connectivity index (χ4v) is 2.24. The van der Waals surface area contributed by atoms with Gasteiger partial charge >= 0.3 is 5.97 Å². The minimum absolute atomic E-state index is 0.234. The maximum atomic E-state index is 10.3. The van der Waals surface area contributed by atoms with Crippen LogP contribution in [-0.4, -0.2) is 41.4 Å². The third-order valence-corrected chi connectivity index (χ3v) is 3.12. The molecule has 0 saturated carbocycles. The lowest BCUT2D eigenvalue weighted by Crippen LogP contribution is -2.62. The molecule has 82 valence electrons. The van der Waals surface area contributed by atoms with Gasteiger partial charge in [-0.3, -0.25) is 0 Å². The van der Waals surface area contributed by atoms with E-state index >= 15 is 0 Å². The third-order valence-electron chi connectivity index (χ3n) is 2.28. The van der Waals surface area contributed by atoms with E-state index in [1.807, 2.05) is 12.3 Å². The molecule has 2 heterocycles. The molecule has 1 fully saturated rings. The first-order valence-electron chi connectivity index (χ1n) is 4.59. The molecule has 1 saturated heterocycles. The summed E-state index contributed by atoms with van der Waals surface area (Å²) in [5, 5.41) is 11.4. The summed E-state index contributed by atoms with van der Waals surface area (Å²) in [6.45, 7) is 3.09. The number of hydrogen-bond acceptors (Lipinski definition) is 5. The van der Waals surface area contributed by atoms with Crippen molar-refractivity contribution in [3.05, 3.63) is 11.6 Å². The second kappa shape index (κ2) is 3.79. The zero-order valence-electron chi connectivity index (χ0n) is 8.34. The van der Waals surface area contributed by atoms with Crippen molar-refractivity contribution in [1.82, 2.24) is 4.98 Å². The van der Waals surface area contributed by atoms with Crippen LogP contribution in [-0.2, 0) is 9.53 Å². The number of ether oxygens (including phenoxy) is 1. The van der Waals surface area contributed by atoms with E-state index in [-0.39, 0.29) is 12.2 Å². The van der Waals surface area contributed by atoms with E-state index < -0.39 is 5.97 Å². The van der Waals surface area contributed by atoms with Crippen molar-refractivity contribution in [3.8, 4) is 0 Å². The van der Waals surface area contributed by atoms with E-state index in [1.54, 1.807) is 17.5 Å². The van der Waals surface area contributed by atoms with Gasteiger partial charge in [0, 0.05) is 11.6 Å². The van der Waals surface area contributed by atoms with Gasteiger partial charge in [0.1, 0.15) is 12.2 Å². The van der Waals surface area contributed by atoms with Crippen LogP contribution < -0.4 is 4.90 Å². The Morgan fingerprint density at radius 2 is 2.53 bits per heavy atom. The first-order chi connectivity index (χ1) is 7.09. The monoisotopic (exact) mass is 228 g/mol. The Morgan fingerprint density at radius 1 is 1.80 bits per heavy atom. The summed E-state index contributed by atoms with van der Waals surface area (Å²) in [5.41, 5.74) is -0.343. The summed E-state index contributed by atoms with van der Waals surface area (Å²) in [5.74, 6) is -0.927. The Bertz CT molecular complexity index is 346. The average molecular weight is 228 g/mol. The lowest BCUT2D eigenvalue weighted by molar-refractivity contribution is -0.150. The standard InChI is InChI=1S/C9H12N2O3S/c1-9(14-4-7(12)13)5-11(6-9)8-10-2-3-15-8/h2-3H,4-6H2,1H3,(H,12,13). The Kier molecular flexibility index (Phi) is 2.62. The molecule has 1 aliphatic heterocycles. The highest BCUT2D eigenvalue weighted by Gasteiger charge is 2.41. The second-order valence-electron chi connectivity index (χ2n) is 3.80. The summed E-state index contributed by atoms with van der Waals surface area (Å²) in [6, 6.07) is 0. The maximum Gasteiger partial charge on any atom is 0.329 e. The van der Waals surface area contributed by atoms with E-state index in [2.05, 4.69) is 9.88 Å². The van der Waals surface area contributed by atoms with Gasteiger partial charge in [-0.25, -0.2) is 9.78 Å². The summed E-state index contributed by atoms with van der Waals surface area (Å²) in [6.07, 6.45) is 1.76. The van der Waals surface area contributed by atoms with Gasteiger partial charge in [0.05, 0.1) is 13.1 Å². The van der Waals surface area contributed by atoms with Crippen LogP contribution in [0.4, 0.5) is 5.13 Å². The van der Waals surface area contributed by atoms with Crippen molar-refractivity contribution in [2.45, 2.75) is 12.5 Å². The zero-order chi connectivity index (χ0) is 10.9. The van der Waals surface area contributed by atoms with Crippen molar-refractivity contribution in [3.63, 3.8) is 0 Å². The molecule has 0 radical (unpaired) electrons. The lowest BCUT2D eigenvalue weighted by Gasteiger charge is -2.47. The van der Waals surface area contributed by atoms with Gasteiger partial charge in [0.15, 0.2) is 5.13 Å². The topological polar surface area (TPSA) is 62.7 Å². The Hall–Kier alpha value is -1.14. The van der Waals surface area contributed by atoms with Gasteiger partial charge in [0.25, 0.3) is 0 Å². The zero-order valence-corrected chi connectivity index (χ0v) is 9.16. The van der Waals surface area contributed by atoms with Crippen LogP contribution in [0.1, 0.15) is 6.92 Å². The van der Waals surface area contributed by atoms with Crippen molar-refractivity contribution < 1.29 is 14.6 Å². The molecule has 1 aliphatic rings. The quantitative estimate of drug-likeness (QED) is 0.826. The van der Waals surface area contributed by atoms with Crippen LogP contribution in [0.3, 0.4) is 0 Å². The molecule has 0 unspecified atom stereocenters. The molecule has 0 aliphatic carbocycles. The lowest BCUT2D eigenvalue weighted by atomic mass is 9.97. The van der Waals surface area contributed by atoms with Gasteiger partial charge in [-0.05, 0) is 6.92 Å². The molecular weight excluding hydrogens is 216 g/mol. The molecule has 0 aromatic carbocycles. The van der Waals surface area contributed by atoms with E-state index in [0.717, 1.165) is 5.13 Å². The summed E-state index contributed by atoms with van der Waals surface area (Å²) in [4.78, 5) is 16.6. The number of thiazole rings is 1. The molecule has 2 rings (SSSR count). The van der Waals surface area contributed by atoms with Crippen molar-refractivity contribution in [2.75, 3.05) is 24.6 Å². The number of carbonyl (C=O) groups is 1. The predicted octanol–water partition coefficient (Wildman–Crippen LogP) is 0.823. The average Bonchev–Trinajstić information content (AvgIpc) is 2.62. The van der Waals surface area contributed by atoms with Gasteiger partial charge in [0.2, 0.25) is 0 Å². The summed E-state index contributed by atoms with van der Waals surface area (Å²) < 4.78 is 5.29. The number of aliphatic carboxylic acids is 1. The first-order valence-corrected chi connectivity index (χ1v) is 5.47. The molecule has 0 spiro atoms. The third kappa shape index (κ3) is 2.27. The Labute approximate surface area is 91.3 Å². The first kappa shape index (κ1) is 10.4. The highest BCUT2D eigenvalue weighted by Crippen LogP contribution is 2.31. The number of aromatic nitrogens is 1. The molecule has 6 heteroatoms. The molecular formula is C9H12N2O3S. The van der Waals surface area contributed by atoms with Gasteiger partial charge < -0.3 is 14.7 Å². The predicted molar refractivity (Wildman–Crippen MR) is 56.3 cm³/mol. The minimum Gasteiger partial charge on any atom is -0.480 e. The Morgan fingerprint density at radius 3 is 3.07 bits per heavy atom. The number of hydrogen-bond donors (Lipinski definition) is 1. The molecule has 1 aromatic rings. The Balaban J connectivity index is 1.83. The van der Waals surface area contributed by atoms with E-state index in [9.17, 15) is 4.79 Å². The fraction of sp³-hybridized carbons (Fsp3) is 0.556. The van der Waals surface area contributed by atoms with Crippen LogP contribution in [0, 0.1) is 0 Å². The fourth-order valence-electron chi connectivity index (χ4n) is 1.60. The van der Waals surface area contributed by atoms with Gasteiger partial charge in [-0.2, -0.15) is 0 Å². The molecule has 0 amide bonds. The number of anilines is 1. The number of nitrogens with zero attached hydrogens (tertiary/aromatic N) is 2. The number of carboxylic acid groups (broad SMARTS) is 1.